The Kier molecular flexibility index (Phi) is 20.7. The molecule has 10 fully saturated rings. The van der Waals surface area contributed by atoms with Crippen molar-refractivity contribution in [3.05, 3.63) is 21.2 Å². The van der Waals surface area contributed by atoms with Gasteiger partial charge in [0.2, 0.25) is 6.29 Å². The second-order valence-electron chi connectivity index (χ2n) is 25.1. The standard InChI is InChI=1S/C58H82Cl2O32/c1-19-33(36(65)35(60)37(66)34(19)59)51(69)84-40-20(2)77-31(13-27(40)63)82-41-22(4)87-56(14-28(41)64)91-48-23(5)78-32(15-55(48,9)92-56)83-45-39(68)52(79-21(3)42(45)72-11)85-43-29(16-71-10)81-54(46(73-12)38(43)67)86-53-47(80-26(8)62)44-30(17-74-53)89-58(90-44)50-49(75-18-76-50)57(70,24(6)61)25(7)88-58/h20-23,25,27-32,38-50,52-54,63-68,70H,13-18H2,1-12H3/t20-,21-,22-,23-,25-,27-,28-,29-,30+,31+,32+,38+,39-,40-,41-,42+,43-,44-,45-,46+,47-,48-,49-,50-,52+,53-,54+,55-,56?,57+,58-/m1/s1. The molecule has 0 aromatic heterocycles. The predicted octanol–water partition coefficient (Wildman–Crippen LogP) is 0.113. The Morgan fingerprint density at radius 1 is 0.620 bits per heavy atom. The summed E-state index contributed by atoms with van der Waals surface area (Å²) in [6.45, 7) is 12.7. The van der Waals surface area contributed by atoms with E-state index in [0.717, 1.165) is 6.92 Å². The fourth-order valence-electron chi connectivity index (χ4n) is 14.3. The van der Waals surface area contributed by atoms with Crippen LogP contribution in [0.2, 0.25) is 10.0 Å². The SMILES string of the molecule is COC[C@H]1O[C@@H](O[C@H]2OC[C@@H]3O[C@]4(O[C@H]3[C@H]2OC(C)=O)O[C@H](C)[C@@](O)(C(C)=O)[C@@H]2OCO[C@H]24)[C@@H](OC)[C@@H](O)[C@@H]1O[C@@H]1O[C@H](C)[C@H](OC)[C@H](O[C@H]2C[C@@]3(C)OC4(C[C@@H](O)[C@H](O[C@H]5C[C@@H](O)[C@H](OC(=O)c6c(C)c(Cl)c(O)c(Cl)c6O)[C@@H](C)O5)[C@@H](C)O4)O[C@@H]3[C@@H](C)O2)[C@H]1O. The van der Waals surface area contributed by atoms with Crippen LogP contribution in [0.1, 0.15) is 90.6 Å². The van der Waals surface area contributed by atoms with Gasteiger partial charge in [0, 0.05) is 41.1 Å². The number of carbonyl (C=O) groups excluding carboxylic acids is 3. The number of aliphatic hydroxyl groups is 5. The first-order valence-electron chi connectivity index (χ1n) is 30.4. The molecule has 31 atom stereocenters. The van der Waals surface area contributed by atoms with Crippen LogP contribution in [0.5, 0.6) is 11.5 Å². The van der Waals surface area contributed by atoms with Gasteiger partial charge in [-0.15, -0.1) is 0 Å². The van der Waals surface area contributed by atoms with Gasteiger partial charge in [0.05, 0.1) is 67.4 Å². The predicted molar refractivity (Wildman–Crippen MR) is 299 cm³/mol. The highest BCUT2D eigenvalue weighted by molar-refractivity contribution is 6.39. The average molecular weight is 1360 g/mol. The molecular formula is C58H82Cl2O32. The third kappa shape index (κ3) is 12.6. The van der Waals surface area contributed by atoms with Crippen molar-refractivity contribution in [1.82, 2.24) is 0 Å². The summed E-state index contributed by atoms with van der Waals surface area (Å²) in [5.74, 6) is -7.74. The summed E-state index contributed by atoms with van der Waals surface area (Å²) in [4.78, 5) is 38.8. The molecule has 2 spiro atoms. The molecule has 10 saturated heterocycles. The van der Waals surface area contributed by atoms with E-state index in [0.29, 0.717) is 0 Å². The first-order valence-corrected chi connectivity index (χ1v) is 31.1. The van der Waals surface area contributed by atoms with Gasteiger partial charge in [0.15, 0.2) is 66.4 Å². The minimum Gasteiger partial charge on any atom is -0.505 e. The Morgan fingerprint density at radius 2 is 1.30 bits per heavy atom. The Labute approximate surface area is 537 Å². The number of esters is 2. The van der Waals surface area contributed by atoms with Crippen molar-refractivity contribution in [2.75, 3.05) is 41.3 Å². The molecule has 7 N–H and O–H groups in total. The number of carbonyl (C=O) groups is 3. The van der Waals surface area contributed by atoms with Crippen molar-refractivity contribution in [1.29, 1.82) is 0 Å². The van der Waals surface area contributed by atoms with E-state index >= 15 is 0 Å². The molecule has 1 aromatic rings. The number of ether oxygens (including phenoxy) is 22. The molecule has 34 heteroatoms. The molecule has 0 amide bonds. The molecule has 0 aliphatic carbocycles. The summed E-state index contributed by atoms with van der Waals surface area (Å²) in [5, 5.41) is 78.7. The van der Waals surface area contributed by atoms with Crippen LogP contribution >= 0.6 is 23.2 Å². The molecule has 10 aliphatic heterocycles. The average Bonchev–Trinajstić information content (AvgIpc) is 1.53. The number of aromatic hydroxyl groups is 2. The number of hydrogen-bond donors (Lipinski definition) is 7. The number of hydrogen-bond acceptors (Lipinski definition) is 32. The molecule has 1 unspecified atom stereocenters. The second-order valence-corrected chi connectivity index (χ2v) is 25.8. The zero-order valence-corrected chi connectivity index (χ0v) is 53.9. The smallest absolute Gasteiger partial charge is 0.342 e. The maximum absolute atomic E-state index is 13.3. The zero-order chi connectivity index (χ0) is 66.6. The zero-order valence-electron chi connectivity index (χ0n) is 52.4. The number of rotatable bonds is 16. The Balaban J connectivity index is 0.716. The minimum absolute atomic E-state index is 0.00334. The van der Waals surface area contributed by atoms with Gasteiger partial charge >= 0.3 is 17.9 Å². The highest BCUT2D eigenvalue weighted by Crippen LogP contribution is 2.53. The Morgan fingerprint density at radius 3 is 1.97 bits per heavy atom. The van der Waals surface area contributed by atoms with E-state index in [1.54, 1.807) is 27.7 Å². The van der Waals surface area contributed by atoms with E-state index in [2.05, 4.69) is 0 Å². The van der Waals surface area contributed by atoms with E-state index in [1.165, 1.54) is 49.0 Å². The largest absolute Gasteiger partial charge is 0.505 e. The summed E-state index contributed by atoms with van der Waals surface area (Å²) >= 11 is 12.1. The van der Waals surface area contributed by atoms with Crippen LogP contribution in [-0.4, -0.2) is 284 Å². The van der Waals surface area contributed by atoms with Gasteiger partial charge in [0.1, 0.15) is 96.2 Å². The van der Waals surface area contributed by atoms with Gasteiger partial charge in [-0.3, -0.25) is 9.59 Å². The van der Waals surface area contributed by atoms with E-state index in [9.17, 15) is 50.1 Å². The first-order chi connectivity index (χ1) is 43.4. The lowest BCUT2D eigenvalue weighted by Gasteiger charge is -2.49. The molecular weight excluding hydrogens is 1280 g/mol. The fraction of sp³-hybridized carbons (Fsp3) is 0.845. The Hall–Kier alpha value is -2.99. The van der Waals surface area contributed by atoms with Crippen LogP contribution in [0.25, 0.3) is 0 Å². The monoisotopic (exact) mass is 1360 g/mol. The third-order valence-electron chi connectivity index (χ3n) is 18.8. The second kappa shape index (κ2) is 27.0. The molecule has 11 rings (SSSR count). The lowest BCUT2D eigenvalue weighted by molar-refractivity contribution is -0.428. The van der Waals surface area contributed by atoms with E-state index < -0.39 is 229 Å². The summed E-state index contributed by atoms with van der Waals surface area (Å²) in [6, 6.07) is 0. The molecule has 32 nitrogen and oxygen atoms in total. The van der Waals surface area contributed by atoms with Crippen LogP contribution in [0, 0.1) is 6.92 Å². The number of fused-ring (bicyclic) bond motifs is 4. The van der Waals surface area contributed by atoms with Crippen molar-refractivity contribution < 1.29 is 154 Å². The molecule has 520 valence electrons. The van der Waals surface area contributed by atoms with E-state index in [1.807, 2.05) is 0 Å². The number of methoxy groups -OCH3 is 3. The molecule has 10 aliphatic rings. The van der Waals surface area contributed by atoms with Crippen LogP contribution in [0.15, 0.2) is 0 Å². The summed E-state index contributed by atoms with van der Waals surface area (Å²) < 4.78 is 135. The van der Waals surface area contributed by atoms with E-state index in [4.69, 9.17) is 127 Å². The van der Waals surface area contributed by atoms with Gasteiger partial charge in [-0.2, -0.15) is 0 Å². The molecule has 92 heavy (non-hydrogen) atoms. The normalized spacial score (nSPS) is 48.4. The first kappa shape index (κ1) is 70.3. The number of phenolic OH excluding ortho intramolecular Hbond substituents is 2. The highest BCUT2D eigenvalue weighted by Gasteiger charge is 2.73. The maximum Gasteiger partial charge on any atom is 0.342 e. The van der Waals surface area contributed by atoms with Crippen molar-refractivity contribution in [3.8, 4) is 11.5 Å². The number of benzene rings is 1. The topological polar surface area (TPSA) is 396 Å². The van der Waals surface area contributed by atoms with Crippen LogP contribution in [0.3, 0.4) is 0 Å². The molecule has 10 heterocycles. The number of ketones is 1. The van der Waals surface area contributed by atoms with Crippen molar-refractivity contribution >= 4 is 40.9 Å². The summed E-state index contributed by atoms with van der Waals surface area (Å²) in [6.07, 6.45) is -33.0. The summed E-state index contributed by atoms with van der Waals surface area (Å²) in [5.41, 5.74) is -3.74. The van der Waals surface area contributed by atoms with Crippen molar-refractivity contribution in [2.45, 2.75) is 270 Å². The van der Waals surface area contributed by atoms with Gasteiger partial charge in [0.25, 0.3) is 5.97 Å². The van der Waals surface area contributed by atoms with Crippen LogP contribution in [-0.2, 0) is 114 Å². The van der Waals surface area contributed by atoms with Gasteiger partial charge in [-0.05, 0) is 61.0 Å². The number of halogens is 2. The number of phenols is 2. The van der Waals surface area contributed by atoms with Gasteiger partial charge in [-0.25, -0.2) is 4.79 Å². The third-order valence-corrected chi connectivity index (χ3v) is 19.6. The van der Waals surface area contributed by atoms with Gasteiger partial charge < -0.3 is 140 Å². The minimum atomic E-state index is -2.12. The molecule has 0 saturated carbocycles. The fourth-order valence-corrected chi connectivity index (χ4v) is 14.7. The maximum atomic E-state index is 13.3. The van der Waals surface area contributed by atoms with Crippen LogP contribution in [0.4, 0.5) is 0 Å². The van der Waals surface area contributed by atoms with Crippen LogP contribution < -0.4 is 0 Å². The Bertz CT molecular complexity index is 2790. The molecule has 1 aromatic carbocycles. The molecule has 0 bridgehead atoms. The highest BCUT2D eigenvalue weighted by atomic mass is 35.5. The van der Waals surface area contributed by atoms with Crippen molar-refractivity contribution in [3.63, 3.8) is 0 Å². The van der Waals surface area contributed by atoms with Gasteiger partial charge in [-0.1, -0.05) is 23.2 Å². The number of Topliss-reactive ketones (excluding diaryl/α,β-unsaturated/α-hetero) is 1. The number of aliphatic hydroxyl groups excluding tert-OH is 4. The lowest BCUT2D eigenvalue weighted by atomic mass is 9.81. The quantitative estimate of drug-likeness (QED) is 0.108. The summed E-state index contributed by atoms with van der Waals surface area (Å²) in [7, 11) is 4.08. The van der Waals surface area contributed by atoms with Crippen molar-refractivity contribution in [2.24, 2.45) is 0 Å². The lowest BCUT2D eigenvalue weighted by Crippen LogP contribution is -2.72. The van der Waals surface area contributed by atoms with E-state index in [-0.39, 0.29) is 49.9 Å². The molecule has 0 radical (unpaired) electrons.